The Kier molecular flexibility index (Phi) is 3.09. The number of nitrogens with two attached hydrogens (primary N) is 1. The number of fused-ring (bicyclic) bond motifs is 1. The summed E-state index contributed by atoms with van der Waals surface area (Å²) in [6.07, 6.45) is 1.48. The highest BCUT2D eigenvalue weighted by Gasteiger charge is 2.33. The predicted octanol–water partition coefficient (Wildman–Crippen LogP) is 3.08. The summed E-state index contributed by atoms with van der Waals surface area (Å²) in [6, 6.07) is 6.08. The molecule has 3 heteroatoms. The fraction of sp³-hybridized carbons (Fsp3) is 0.533. The molecular formula is C15H22N2O. The molecule has 98 valence electrons. The molecule has 2 rings (SSSR count). The first kappa shape index (κ1) is 12.9. The van der Waals surface area contributed by atoms with Crippen LogP contribution in [0.1, 0.15) is 46.1 Å². The Labute approximate surface area is 109 Å². The van der Waals surface area contributed by atoms with E-state index in [-0.39, 0.29) is 17.4 Å². The second kappa shape index (κ2) is 4.30. The third kappa shape index (κ3) is 2.09. The van der Waals surface area contributed by atoms with E-state index >= 15 is 0 Å². The minimum atomic E-state index is 0.0162. The van der Waals surface area contributed by atoms with Gasteiger partial charge in [0.05, 0.1) is 0 Å². The van der Waals surface area contributed by atoms with Crippen LogP contribution in [0, 0.1) is 0 Å². The van der Waals surface area contributed by atoms with Crippen molar-refractivity contribution < 1.29 is 4.79 Å². The van der Waals surface area contributed by atoms with E-state index in [0.29, 0.717) is 12.1 Å². The largest absolute Gasteiger partial charge is 0.399 e. The van der Waals surface area contributed by atoms with E-state index in [1.165, 1.54) is 5.56 Å². The molecule has 2 N–H and O–H groups in total. The maximum Gasteiger partial charge on any atom is 0.227 e. The van der Waals surface area contributed by atoms with E-state index in [4.69, 9.17) is 5.73 Å². The molecule has 1 aromatic carbocycles. The Morgan fingerprint density at radius 2 is 2.00 bits per heavy atom. The maximum atomic E-state index is 12.3. The van der Waals surface area contributed by atoms with E-state index in [9.17, 15) is 4.79 Å². The van der Waals surface area contributed by atoms with Crippen molar-refractivity contribution in [3.63, 3.8) is 0 Å². The normalized spacial score (nSPS) is 18.7. The molecule has 0 saturated heterocycles. The van der Waals surface area contributed by atoms with Gasteiger partial charge >= 0.3 is 0 Å². The van der Waals surface area contributed by atoms with Crippen molar-refractivity contribution in [3.05, 3.63) is 23.8 Å². The molecule has 3 nitrogen and oxygen atoms in total. The van der Waals surface area contributed by atoms with Crippen molar-refractivity contribution in [2.45, 2.75) is 52.0 Å². The molecule has 1 amide bonds. The SMILES string of the molecule is CC(C)N1C(=O)CCC(C)(C)c2ccc(N)cc21. The lowest BCUT2D eigenvalue weighted by Crippen LogP contribution is -2.36. The molecule has 0 aromatic heterocycles. The van der Waals surface area contributed by atoms with Crippen LogP contribution in [-0.2, 0) is 10.2 Å². The lowest BCUT2D eigenvalue weighted by Gasteiger charge is -2.30. The number of hydrogen-bond donors (Lipinski definition) is 1. The van der Waals surface area contributed by atoms with Gasteiger partial charge in [0.25, 0.3) is 0 Å². The molecule has 0 unspecified atom stereocenters. The Hall–Kier alpha value is -1.51. The summed E-state index contributed by atoms with van der Waals surface area (Å²) in [4.78, 5) is 14.2. The second-order valence-corrected chi connectivity index (χ2v) is 6.02. The van der Waals surface area contributed by atoms with Crippen LogP contribution < -0.4 is 10.6 Å². The Morgan fingerprint density at radius 3 is 2.61 bits per heavy atom. The highest BCUT2D eigenvalue weighted by atomic mass is 16.2. The Bertz CT molecular complexity index is 477. The van der Waals surface area contributed by atoms with Crippen molar-refractivity contribution in [3.8, 4) is 0 Å². The van der Waals surface area contributed by atoms with Gasteiger partial charge in [-0.2, -0.15) is 0 Å². The predicted molar refractivity (Wildman–Crippen MR) is 75.7 cm³/mol. The van der Waals surface area contributed by atoms with Crippen LogP contribution >= 0.6 is 0 Å². The fourth-order valence-corrected chi connectivity index (χ4v) is 2.70. The lowest BCUT2D eigenvalue weighted by atomic mass is 9.80. The molecule has 0 atom stereocenters. The van der Waals surface area contributed by atoms with Crippen LogP contribution in [0.25, 0.3) is 0 Å². The minimum Gasteiger partial charge on any atom is -0.399 e. The average molecular weight is 246 g/mol. The molecule has 0 aliphatic carbocycles. The summed E-state index contributed by atoms with van der Waals surface area (Å²) in [7, 11) is 0. The van der Waals surface area contributed by atoms with Gasteiger partial charge in [0.15, 0.2) is 0 Å². The van der Waals surface area contributed by atoms with Crippen molar-refractivity contribution in [2.24, 2.45) is 0 Å². The molecule has 0 fully saturated rings. The van der Waals surface area contributed by atoms with Gasteiger partial charge in [-0.15, -0.1) is 0 Å². The molecule has 0 spiro atoms. The van der Waals surface area contributed by atoms with Gasteiger partial charge in [-0.1, -0.05) is 19.9 Å². The van der Waals surface area contributed by atoms with Crippen LogP contribution in [-0.4, -0.2) is 11.9 Å². The second-order valence-electron chi connectivity index (χ2n) is 6.02. The van der Waals surface area contributed by atoms with E-state index in [0.717, 1.165) is 12.1 Å². The number of anilines is 2. The number of carbonyl (C=O) groups is 1. The first-order chi connectivity index (χ1) is 8.33. The third-order valence-corrected chi connectivity index (χ3v) is 3.76. The van der Waals surface area contributed by atoms with Gasteiger partial charge < -0.3 is 10.6 Å². The van der Waals surface area contributed by atoms with Crippen LogP contribution in [0.4, 0.5) is 11.4 Å². The number of hydrogen-bond acceptors (Lipinski definition) is 2. The number of rotatable bonds is 1. The first-order valence-corrected chi connectivity index (χ1v) is 6.55. The zero-order valence-electron chi connectivity index (χ0n) is 11.7. The molecular weight excluding hydrogens is 224 g/mol. The van der Waals surface area contributed by atoms with Crippen LogP contribution in [0.3, 0.4) is 0 Å². The molecule has 0 bridgehead atoms. The summed E-state index contributed by atoms with van der Waals surface area (Å²) < 4.78 is 0. The van der Waals surface area contributed by atoms with Gasteiger partial charge in [-0.25, -0.2) is 0 Å². The number of nitrogen functional groups attached to an aromatic ring is 1. The zero-order chi connectivity index (χ0) is 13.5. The van der Waals surface area contributed by atoms with Crippen molar-refractivity contribution in [1.82, 2.24) is 0 Å². The quantitative estimate of drug-likeness (QED) is 0.774. The molecule has 1 heterocycles. The van der Waals surface area contributed by atoms with Crippen LogP contribution in [0.5, 0.6) is 0 Å². The molecule has 0 radical (unpaired) electrons. The van der Waals surface area contributed by atoms with E-state index in [1.807, 2.05) is 30.9 Å². The van der Waals surface area contributed by atoms with Crippen molar-refractivity contribution in [2.75, 3.05) is 10.6 Å². The van der Waals surface area contributed by atoms with Crippen LogP contribution in [0.15, 0.2) is 18.2 Å². The number of benzene rings is 1. The lowest BCUT2D eigenvalue weighted by molar-refractivity contribution is -0.119. The highest BCUT2D eigenvalue weighted by Crippen LogP contribution is 2.40. The van der Waals surface area contributed by atoms with Gasteiger partial charge in [-0.3, -0.25) is 4.79 Å². The monoisotopic (exact) mass is 246 g/mol. The summed E-state index contributed by atoms with van der Waals surface area (Å²) in [5.41, 5.74) is 8.82. The van der Waals surface area contributed by atoms with E-state index in [2.05, 4.69) is 19.9 Å². The number of amides is 1. The summed E-state index contributed by atoms with van der Waals surface area (Å²) in [5.74, 6) is 0.197. The van der Waals surface area contributed by atoms with Gasteiger partial charge in [0, 0.05) is 23.8 Å². The smallest absolute Gasteiger partial charge is 0.227 e. The Morgan fingerprint density at radius 1 is 1.33 bits per heavy atom. The average Bonchev–Trinajstić information content (AvgIpc) is 2.34. The minimum absolute atomic E-state index is 0.0162. The summed E-state index contributed by atoms with van der Waals surface area (Å²) >= 11 is 0. The number of carbonyl (C=O) groups excluding carboxylic acids is 1. The highest BCUT2D eigenvalue weighted by molar-refractivity contribution is 5.96. The van der Waals surface area contributed by atoms with Gasteiger partial charge in [-0.05, 0) is 43.4 Å². The molecule has 1 aliphatic rings. The standard InChI is InChI=1S/C15H22N2O/c1-10(2)17-13-9-11(16)5-6-12(13)15(3,4)8-7-14(17)18/h5-6,9-10H,7-8,16H2,1-4H3. The van der Waals surface area contributed by atoms with E-state index in [1.54, 1.807) is 0 Å². The van der Waals surface area contributed by atoms with Crippen molar-refractivity contribution >= 4 is 17.3 Å². The van der Waals surface area contributed by atoms with Gasteiger partial charge in [0.1, 0.15) is 0 Å². The van der Waals surface area contributed by atoms with Crippen molar-refractivity contribution in [1.29, 1.82) is 0 Å². The molecule has 1 aromatic rings. The topological polar surface area (TPSA) is 46.3 Å². The third-order valence-electron chi connectivity index (χ3n) is 3.76. The van der Waals surface area contributed by atoms with Crippen LogP contribution in [0.2, 0.25) is 0 Å². The number of nitrogens with zero attached hydrogens (tertiary/aromatic N) is 1. The molecule has 0 saturated carbocycles. The summed E-state index contributed by atoms with van der Waals surface area (Å²) in [6.45, 7) is 8.48. The Balaban J connectivity index is 2.65. The molecule has 18 heavy (non-hydrogen) atoms. The summed E-state index contributed by atoms with van der Waals surface area (Å²) in [5, 5.41) is 0. The van der Waals surface area contributed by atoms with E-state index < -0.39 is 0 Å². The molecule has 1 aliphatic heterocycles. The zero-order valence-corrected chi connectivity index (χ0v) is 11.7. The fourth-order valence-electron chi connectivity index (χ4n) is 2.70. The van der Waals surface area contributed by atoms with Gasteiger partial charge in [0.2, 0.25) is 5.91 Å². The first-order valence-electron chi connectivity index (χ1n) is 6.55. The maximum absolute atomic E-state index is 12.3.